The Kier molecular flexibility index (Phi) is 7.71. The van der Waals surface area contributed by atoms with E-state index in [-0.39, 0.29) is 6.04 Å². The normalized spacial score (nSPS) is 21.4. The molecule has 10 rings (SSSR count). The molecule has 5 aliphatic rings. The first kappa shape index (κ1) is 30.9. The first-order chi connectivity index (χ1) is 25.3. The number of para-hydroxylation sites is 2. The molecular formula is C48H46N2Si. The molecule has 0 bridgehead atoms. The lowest BCUT2D eigenvalue weighted by molar-refractivity contribution is 0.645. The molecule has 2 heterocycles. The van der Waals surface area contributed by atoms with Gasteiger partial charge in [0.25, 0.3) is 0 Å². The molecule has 3 heteroatoms. The van der Waals surface area contributed by atoms with E-state index < -0.39 is 8.07 Å². The van der Waals surface area contributed by atoms with E-state index in [9.17, 15) is 0 Å². The molecule has 5 aromatic rings. The van der Waals surface area contributed by atoms with Gasteiger partial charge in [-0.15, -0.1) is 0 Å². The van der Waals surface area contributed by atoms with Gasteiger partial charge in [0, 0.05) is 44.1 Å². The number of rotatable bonds is 6. The van der Waals surface area contributed by atoms with E-state index in [1.807, 2.05) is 0 Å². The van der Waals surface area contributed by atoms with Crippen LogP contribution in [0.1, 0.15) is 81.5 Å². The van der Waals surface area contributed by atoms with Gasteiger partial charge in [0.1, 0.15) is 0 Å². The van der Waals surface area contributed by atoms with Gasteiger partial charge in [-0.05, 0) is 111 Å². The highest BCUT2D eigenvalue weighted by Gasteiger charge is 2.46. The summed E-state index contributed by atoms with van der Waals surface area (Å²) in [7, 11) is -2.37. The third kappa shape index (κ3) is 4.88. The SMILES string of the molecule is C1=CCCC([Si](C2=CCCC=C2)(C2=CC(n3c4ccccc4c4cc(-n5c6c(c7ccccc75)C=CCC6)ccc43)CC=C2)C2=CCCCC2)=C1. The Balaban J connectivity index is 1.17. The van der Waals surface area contributed by atoms with Crippen molar-refractivity contribution in [1.82, 2.24) is 9.13 Å². The van der Waals surface area contributed by atoms with Crippen LogP contribution in [0, 0.1) is 0 Å². The number of hydrogen-bond donors (Lipinski definition) is 0. The summed E-state index contributed by atoms with van der Waals surface area (Å²) in [6.07, 6.45) is 42.9. The molecule has 0 radical (unpaired) electrons. The second kappa shape index (κ2) is 12.7. The second-order valence-corrected chi connectivity index (χ2v) is 19.0. The number of allylic oxidation sites excluding steroid dienone is 15. The van der Waals surface area contributed by atoms with E-state index in [4.69, 9.17) is 0 Å². The third-order valence-electron chi connectivity index (χ3n) is 12.3. The number of nitrogens with zero attached hydrogens (tertiary/aromatic N) is 2. The predicted molar refractivity (Wildman–Crippen MR) is 220 cm³/mol. The van der Waals surface area contributed by atoms with Crippen molar-refractivity contribution in [3.63, 3.8) is 0 Å². The molecule has 0 saturated heterocycles. The maximum atomic E-state index is 2.73. The van der Waals surface area contributed by atoms with Crippen LogP contribution in [-0.2, 0) is 6.42 Å². The van der Waals surface area contributed by atoms with Crippen LogP contribution in [0.25, 0.3) is 44.5 Å². The Hall–Kier alpha value is -4.86. The third-order valence-corrected chi connectivity index (χ3v) is 17.5. The smallest absolute Gasteiger partial charge is 0.170 e. The Morgan fingerprint density at radius 1 is 0.588 bits per heavy atom. The van der Waals surface area contributed by atoms with Crippen LogP contribution in [0.5, 0.6) is 0 Å². The van der Waals surface area contributed by atoms with Gasteiger partial charge in [-0.1, -0.05) is 120 Å². The van der Waals surface area contributed by atoms with Crippen LogP contribution in [0.3, 0.4) is 0 Å². The van der Waals surface area contributed by atoms with E-state index in [1.54, 1.807) is 20.8 Å². The number of aromatic nitrogens is 2. The van der Waals surface area contributed by atoms with E-state index in [0.29, 0.717) is 0 Å². The molecule has 2 unspecified atom stereocenters. The summed E-state index contributed by atoms with van der Waals surface area (Å²) < 4.78 is 5.22. The minimum Gasteiger partial charge on any atom is -0.333 e. The van der Waals surface area contributed by atoms with Crippen LogP contribution >= 0.6 is 0 Å². The van der Waals surface area contributed by atoms with Crippen LogP contribution in [0.4, 0.5) is 0 Å². The summed E-state index contributed by atoms with van der Waals surface area (Å²) in [5.74, 6) is 0. The molecule has 2 atom stereocenters. The van der Waals surface area contributed by atoms with Crippen LogP contribution in [-0.4, -0.2) is 17.2 Å². The molecule has 0 spiro atoms. The molecule has 0 amide bonds. The average Bonchev–Trinajstić information content (AvgIpc) is 3.72. The van der Waals surface area contributed by atoms with Crippen molar-refractivity contribution < 1.29 is 0 Å². The standard InChI is InChI=1S/C48H46N2Si/c1-4-18-37(19-5-1)51(38-20-6-2-7-21-38,39-22-8-3-9-23-39)40-24-16-17-35(33-40)49-47-30-15-12-27-43(47)44-34-36(31-32-48(44)49)50-45-28-13-10-25-41(45)42-26-11-14-29-46(42)50/h1,4,6,10-13,15-16,18,20-22,24-28,30-35H,2-3,5,7-9,14,17,19,23,29H2. The van der Waals surface area contributed by atoms with Gasteiger partial charge in [-0.25, -0.2) is 0 Å². The molecule has 252 valence electrons. The lowest BCUT2D eigenvalue weighted by atomic mass is 10.0. The van der Waals surface area contributed by atoms with Gasteiger partial charge in [-0.2, -0.15) is 0 Å². The topological polar surface area (TPSA) is 9.86 Å². The summed E-state index contributed by atoms with van der Waals surface area (Å²) in [5, 5.41) is 10.7. The van der Waals surface area contributed by atoms with E-state index in [0.717, 1.165) is 38.5 Å². The van der Waals surface area contributed by atoms with Crippen LogP contribution < -0.4 is 0 Å². The molecule has 0 fully saturated rings. The van der Waals surface area contributed by atoms with E-state index in [1.165, 1.54) is 81.8 Å². The zero-order chi connectivity index (χ0) is 33.8. The zero-order valence-electron chi connectivity index (χ0n) is 29.5. The molecule has 0 N–H and O–H groups in total. The highest BCUT2D eigenvalue weighted by Crippen LogP contribution is 2.48. The highest BCUT2D eigenvalue weighted by molar-refractivity contribution is 7.04. The second-order valence-electron chi connectivity index (χ2n) is 15.1. The van der Waals surface area contributed by atoms with Crippen molar-refractivity contribution in [1.29, 1.82) is 0 Å². The van der Waals surface area contributed by atoms with Crippen LogP contribution in [0.2, 0.25) is 0 Å². The van der Waals surface area contributed by atoms with Gasteiger partial charge >= 0.3 is 0 Å². The van der Waals surface area contributed by atoms with E-state index >= 15 is 0 Å². The average molecular weight is 679 g/mol. The quantitative estimate of drug-likeness (QED) is 0.158. The van der Waals surface area contributed by atoms with Crippen molar-refractivity contribution in [2.75, 3.05) is 0 Å². The lowest BCUT2D eigenvalue weighted by Crippen LogP contribution is -2.46. The molecule has 0 saturated carbocycles. The number of benzene rings is 3. The van der Waals surface area contributed by atoms with Crippen molar-refractivity contribution in [3.8, 4) is 5.69 Å². The Labute approximate surface area is 302 Å². The van der Waals surface area contributed by atoms with Gasteiger partial charge in [0.05, 0.1) is 11.6 Å². The molecule has 51 heavy (non-hydrogen) atoms. The fraction of sp³-hybridized carbons (Fsp3) is 0.250. The highest BCUT2D eigenvalue weighted by atomic mass is 28.3. The van der Waals surface area contributed by atoms with Gasteiger partial charge < -0.3 is 9.13 Å². The predicted octanol–water partition coefficient (Wildman–Crippen LogP) is 12.8. The summed E-state index contributed by atoms with van der Waals surface area (Å²) in [5.41, 5.74) is 8.06. The van der Waals surface area contributed by atoms with Gasteiger partial charge in [0.2, 0.25) is 0 Å². The first-order valence-electron chi connectivity index (χ1n) is 19.5. The van der Waals surface area contributed by atoms with E-state index in [2.05, 4.69) is 149 Å². The number of fused-ring (bicyclic) bond motifs is 6. The summed E-state index contributed by atoms with van der Waals surface area (Å²) >= 11 is 0. The fourth-order valence-corrected chi connectivity index (χ4v) is 15.9. The summed E-state index contributed by atoms with van der Waals surface area (Å²) in [6.45, 7) is 0. The minimum atomic E-state index is -2.37. The van der Waals surface area contributed by atoms with Crippen molar-refractivity contribution in [3.05, 3.63) is 166 Å². The molecule has 2 aromatic heterocycles. The van der Waals surface area contributed by atoms with Gasteiger partial charge in [0.15, 0.2) is 8.07 Å². The maximum Gasteiger partial charge on any atom is 0.170 e. The molecule has 2 nitrogen and oxygen atoms in total. The Bertz CT molecular complexity index is 2460. The largest absolute Gasteiger partial charge is 0.333 e. The Morgan fingerprint density at radius 3 is 2.25 bits per heavy atom. The summed E-state index contributed by atoms with van der Waals surface area (Å²) in [4.78, 5) is 0. The molecule has 3 aromatic carbocycles. The summed E-state index contributed by atoms with van der Waals surface area (Å²) in [6, 6.07) is 25.6. The van der Waals surface area contributed by atoms with Crippen LogP contribution in [0.15, 0.2) is 154 Å². The zero-order valence-corrected chi connectivity index (χ0v) is 30.5. The van der Waals surface area contributed by atoms with Crippen molar-refractivity contribution >= 4 is 46.9 Å². The Morgan fingerprint density at radius 2 is 1.41 bits per heavy atom. The molecule has 0 aliphatic heterocycles. The molecule has 5 aliphatic carbocycles. The fourth-order valence-electron chi connectivity index (χ4n) is 10.1. The maximum absolute atomic E-state index is 2.73. The first-order valence-corrected chi connectivity index (χ1v) is 21.5. The monoisotopic (exact) mass is 678 g/mol. The number of hydrogen-bond acceptors (Lipinski definition) is 0. The lowest BCUT2D eigenvalue weighted by Gasteiger charge is -2.43. The van der Waals surface area contributed by atoms with Crippen molar-refractivity contribution in [2.24, 2.45) is 0 Å². The van der Waals surface area contributed by atoms with Crippen molar-refractivity contribution in [2.45, 2.75) is 76.7 Å². The van der Waals surface area contributed by atoms with Gasteiger partial charge in [-0.3, -0.25) is 0 Å². The molecular weight excluding hydrogens is 633 g/mol. The minimum absolute atomic E-state index is 0.257.